The molecule has 1 aliphatic rings. The lowest BCUT2D eigenvalue weighted by atomic mass is 10.2. The Labute approximate surface area is 159 Å². The number of β-amino-alcohol motifs (C(OH)–C–C–N with tert-alkyl or cyclic N) is 1. The van der Waals surface area contributed by atoms with E-state index in [2.05, 4.69) is 9.80 Å². The third-order valence-corrected chi connectivity index (χ3v) is 4.61. The Balaban J connectivity index is 1.40. The fraction of sp³-hybridized carbons (Fsp3) is 0.429. The molecule has 0 bridgehead atoms. The number of nitrogens with zero attached hydrogens (tertiary/aromatic N) is 2. The molecule has 6 heteroatoms. The Bertz CT molecular complexity index is 703. The van der Waals surface area contributed by atoms with Crippen LogP contribution in [0.5, 0.6) is 11.5 Å². The first-order chi connectivity index (χ1) is 13.2. The first-order valence-corrected chi connectivity index (χ1v) is 9.41. The number of anilines is 1. The van der Waals surface area contributed by atoms with E-state index in [9.17, 15) is 9.50 Å². The normalized spacial score (nSPS) is 16.2. The van der Waals surface area contributed by atoms with E-state index in [1.807, 2.05) is 43.3 Å². The minimum absolute atomic E-state index is 0.185. The lowest BCUT2D eigenvalue weighted by molar-refractivity contribution is 0.0662. The number of hydrogen-bond donors (Lipinski definition) is 1. The van der Waals surface area contributed by atoms with E-state index in [0.717, 1.165) is 31.9 Å². The van der Waals surface area contributed by atoms with Crippen LogP contribution in [0.1, 0.15) is 6.92 Å². The van der Waals surface area contributed by atoms with Crippen molar-refractivity contribution in [3.8, 4) is 11.5 Å². The molecule has 3 rings (SSSR count). The highest BCUT2D eigenvalue weighted by Gasteiger charge is 2.21. The number of piperazine rings is 1. The second-order valence-electron chi connectivity index (χ2n) is 6.61. The van der Waals surface area contributed by atoms with Crippen LogP contribution in [0, 0.1) is 5.82 Å². The Morgan fingerprint density at radius 3 is 2.22 bits per heavy atom. The molecule has 1 fully saturated rings. The zero-order valence-electron chi connectivity index (χ0n) is 15.7. The molecule has 0 radical (unpaired) electrons. The molecular weight excluding hydrogens is 347 g/mol. The summed E-state index contributed by atoms with van der Waals surface area (Å²) in [5.74, 6) is 1.33. The van der Waals surface area contributed by atoms with Crippen LogP contribution in [0.4, 0.5) is 10.1 Å². The summed E-state index contributed by atoms with van der Waals surface area (Å²) in [6.45, 7) is 6.41. The Hall–Kier alpha value is -2.31. The minimum Gasteiger partial charge on any atom is -0.494 e. The van der Waals surface area contributed by atoms with Crippen LogP contribution in [-0.2, 0) is 0 Å². The summed E-state index contributed by atoms with van der Waals surface area (Å²) in [5, 5.41) is 10.3. The molecule has 1 N–H and O–H groups in total. The fourth-order valence-electron chi connectivity index (χ4n) is 3.22. The van der Waals surface area contributed by atoms with Gasteiger partial charge in [0.25, 0.3) is 0 Å². The van der Waals surface area contributed by atoms with E-state index in [4.69, 9.17) is 9.47 Å². The van der Waals surface area contributed by atoms with Gasteiger partial charge in [-0.05, 0) is 43.3 Å². The van der Waals surface area contributed by atoms with Crippen LogP contribution in [-0.4, -0.2) is 62.0 Å². The SMILES string of the molecule is CCOc1ccc(OCC(O)CN2CCN(c3ccccc3F)CC2)cc1. The first-order valence-electron chi connectivity index (χ1n) is 9.41. The van der Waals surface area contributed by atoms with Crippen molar-refractivity contribution in [3.63, 3.8) is 0 Å². The van der Waals surface area contributed by atoms with Crippen molar-refractivity contribution in [1.29, 1.82) is 0 Å². The second-order valence-corrected chi connectivity index (χ2v) is 6.61. The molecule has 1 heterocycles. The molecule has 0 aliphatic carbocycles. The molecule has 0 aromatic heterocycles. The van der Waals surface area contributed by atoms with Crippen LogP contribution < -0.4 is 14.4 Å². The molecule has 27 heavy (non-hydrogen) atoms. The molecule has 5 nitrogen and oxygen atoms in total. The van der Waals surface area contributed by atoms with Gasteiger partial charge in [0.15, 0.2) is 0 Å². The summed E-state index contributed by atoms with van der Waals surface area (Å²) >= 11 is 0. The van der Waals surface area contributed by atoms with Crippen molar-refractivity contribution < 1.29 is 19.0 Å². The standard InChI is InChI=1S/C21H27FN2O3/c1-2-26-18-7-9-19(10-8-18)27-16-17(25)15-23-11-13-24(14-12-23)21-6-4-3-5-20(21)22/h3-10,17,25H,2,11-16H2,1H3. The molecular formula is C21H27FN2O3. The Kier molecular flexibility index (Phi) is 6.90. The summed E-state index contributed by atoms with van der Waals surface area (Å²) in [5.41, 5.74) is 0.650. The van der Waals surface area contributed by atoms with Crippen LogP contribution in [0.25, 0.3) is 0 Å². The molecule has 146 valence electrons. The number of halogens is 1. The van der Waals surface area contributed by atoms with Crippen molar-refractivity contribution >= 4 is 5.69 Å². The minimum atomic E-state index is -0.573. The average Bonchev–Trinajstić information content (AvgIpc) is 2.69. The molecule has 1 unspecified atom stereocenters. The number of benzene rings is 2. The highest BCUT2D eigenvalue weighted by atomic mass is 19.1. The van der Waals surface area contributed by atoms with Crippen molar-refractivity contribution in [2.45, 2.75) is 13.0 Å². The summed E-state index contributed by atoms with van der Waals surface area (Å²) in [6.07, 6.45) is -0.573. The van der Waals surface area contributed by atoms with Crippen molar-refractivity contribution in [2.24, 2.45) is 0 Å². The van der Waals surface area contributed by atoms with Crippen molar-refractivity contribution in [2.75, 3.05) is 50.8 Å². The van der Waals surface area contributed by atoms with Gasteiger partial charge in [-0.2, -0.15) is 0 Å². The Morgan fingerprint density at radius 1 is 0.963 bits per heavy atom. The lowest BCUT2D eigenvalue weighted by Crippen LogP contribution is -2.49. The van der Waals surface area contributed by atoms with Gasteiger partial charge in [0.1, 0.15) is 30.0 Å². The van der Waals surface area contributed by atoms with Gasteiger partial charge in [-0.3, -0.25) is 4.90 Å². The monoisotopic (exact) mass is 374 g/mol. The van der Waals surface area contributed by atoms with E-state index in [1.165, 1.54) is 6.07 Å². The van der Waals surface area contributed by atoms with Gasteiger partial charge in [0.05, 0.1) is 12.3 Å². The van der Waals surface area contributed by atoms with Gasteiger partial charge >= 0.3 is 0 Å². The number of rotatable bonds is 8. The topological polar surface area (TPSA) is 45.2 Å². The van der Waals surface area contributed by atoms with E-state index < -0.39 is 6.10 Å². The van der Waals surface area contributed by atoms with Crippen LogP contribution in [0.3, 0.4) is 0 Å². The predicted octanol–water partition coefficient (Wildman–Crippen LogP) is 2.79. The number of hydrogen-bond acceptors (Lipinski definition) is 5. The molecule has 0 saturated carbocycles. The maximum Gasteiger partial charge on any atom is 0.146 e. The molecule has 0 amide bonds. The van der Waals surface area contributed by atoms with Gasteiger partial charge in [0.2, 0.25) is 0 Å². The maximum absolute atomic E-state index is 13.9. The number of para-hydroxylation sites is 1. The molecule has 1 aliphatic heterocycles. The van der Waals surface area contributed by atoms with Gasteiger partial charge in [-0.25, -0.2) is 4.39 Å². The van der Waals surface area contributed by atoms with Gasteiger partial charge < -0.3 is 19.5 Å². The third kappa shape index (κ3) is 5.58. The maximum atomic E-state index is 13.9. The number of ether oxygens (including phenoxy) is 2. The van der Waals surface area contributed by atoms with E-state index in [0.29, 0.717) is 24.6 Å². The molecule has 2 aromatic carbocycles. The van der Waals surface area contributed by atoms with Crippen molar-refractivity contribution in [3.05, 3.63) is 54.3 Å². The average molecular weight is 374 g/mol. The largest absolute Gasteiger partial charge is 0.494 e. The van der Waals surface area contributed by atoms with Gasteiger partial charge in [-0.15, -0.1) is 0 Å². The molecule has 1 saturated heterocycles. The summed E-state index contributed by atoms with van der Waals surface area (Å²) < 4.78 is 24.9. The van der Waals surface area contributed by atoms with Crippen molar-refractivity contribution in [1.82, 2.24) is 4.90 Å². The highest BCUT2D eigenvalue weighted by molar-refractivity contribution is 5.48. The summed E-state index contributed by atoms with van der Waals surface area (Å²) in [4.78, 5) is 4.23. The fourth-order valence-corrected chi connectivity index (χ4v) is 3.22. The smallest absolute Gasteiger partial charge is 0.146 e. The van der Waals surface area contributed by atoms with Gasteiger partial charge in [0, 0.05) is 32.7 Å². The molecule has 2 aromatic rings. The lowest BCUT2D eigenvalue weighted by Gasteiger charge is -2.36. The number of aliphatic hydroxyl groups excluding tert-OH is 1. The molecule has 1 atom stereocenters. The highest BCUT2D eigenvalue weighted by Crippen LogP contribution is 2.20. The Morgan fingerprint density at radius 2 is 1.59 bits per heavy atom. The summed E-state index contributed by atoms with van der Waals surface area (Å²) in [7, 11) is 0. The second kappa shape index (κ2) is 9.58. The van der Waals surface area contributed by atoms with Gasteiger partial charge in [-0.1, -0.05) is 12.1 Å². The summed E-state index contributed by atoms with van der Waals surface area (Å²) in [6, 6.07) is 14.2. The predicted molar refractivity (Wildman–Crippen MR) is 104 cm³/mol. The number of aliphatic hydroxyl groups is 1. The van der Waals surface area contributed by atoms with E-state index in [1.54, 1.807) is 6.07 Å². The molecule has 0 spiro atoms. The van der Waals surface area contributed by atoms with Crippen LogP contribution in [0.15, 0.2) is 48.5 Å². The zero-order valence-corrected chi connectivity index (χ0v) is 15.7. The quantitative estimate of drug-likeness (QED) is 0.770. The van der Waals surface area contributed by atoms with Crippen LogP contribution >= 0.6 is 0 Å². The van der Waals surface area contributed by atoms with E-state index >= 15 is 0 Å². The zero-order chi connectivity index (χ0) is 19.1. The first kappa shape index (κ1) is 19.5. The van der Waals surface area contributed by atoms with E-state index in [-0.39, 0.29) is 12.4 Å². The third-order valence-electron chi connectivity index (χ3n) is 4.61. The van der Waals surface area contributed by atoms with Crippen LogP contribution in [0.2, 0.25) is 0 Å².